The van der Waals surface area contributed by atoms with E-state index in [1.54, 1.807) is 18.2 Å². The van der Waals surface area contributed by atoms with Gasteiger partial charge < -0.3 is 5.32 Å². The molecule has 0 fully saturated rings. The number of carbonyl (C=O) groups excluding carboxylic acids is 2. The molecule has 0 aromatic heterocycles. The molecule has 1 unspecified atom stereocenters. The monoisotopic (exact) mass is 336 g/mol. The van der Waals surface area contributed by atoms with Gasteiger partial charge in [0.1, 0.15) is 5.82 Å². The van der Waals surface area contributed by atoms with Crippen LogP contribution in [0.3, 0.4) is 0 Å². The van der Waals surface area contributed by atoms with Gasteiger partial charge in [-0.25, -0.2) is 9.38 Å². The van der Waals surface area contributed by atoms with Crippen LogP contribution < -0.4 is 5.32 Å². The lowest BCUT2D eigenvalue weighted by Crippen LogP contribution is -2.37. The van der Waals surface area contributed by atoms with E-state index >= 15 is 0 Å². The summed E-state index contributed by atoms with van der Waals surface area (Å²) in [5.74, 6) is -1.22. The SMILES string of the molecule is O=C1NC2=CC(=NC(=O)c3ccccc3F)C=CC2C2=C1CCCC2. The van der Waals surface area contributed by atoms with Gasteiger partial charge >= 0.3 is 0 Å². The molecule has 1 heterocycles. The van der Waals surface area contributed by atoms with Crippen LogP contribution >= 0.6 is 0 Å². The largest absolute Gasteiger partial charge is 0.325 e. The highest BCUT2D eigenvalue weighted by atomic mass is 19.1. The van der Waals surface area contributed by atoms with Crippen LogP contribution in [0.25, 0.3) is 0 Å². The second-order valence-corrected chi connectivity index (χ2v) is 6.42. The van der Waals surface area contributed by atoms with Crippen molar-refractivity contribution in [1.82, 2.24) is 5.32 Å². The van der Waals surface area contributed by atoms with E-state index in [1.807, 2.05) is 6.08 Å². The van der Waals surface area contributed by atoms with Crippen molar-refractivity contribution in [2.24, 2.45) is 10.9 Å². The van der Waals surface area contributed by atoms with Gasteiger partial charge in [0.25, 0.3) is 11.8 Å². The minimum Gasteiger partial charge on any atom is -0.325 e. The van der Waals surface area contributed by atoms with Crippen molar-refractivity contribution >= 4 is 17.5 Å². The maximum Gasteiger partial charge on any atom is 0.280 e. The van der Waals surface area contributed by atoms with E-state index in [9.17, 15) is 14.0 Å². The van der Waals surface area contributed by atoms with Gasteiger partial charge in [-0.1, -0.05) is 18.2 Å². The molecule has 5 heteroatoms. The Kier molecular flexibility index (Phi) is 3.92. The number of hydrogen-bond acceptors (Lipinski definition) is 2. The van der Waals surface area contributed by atoms with Gasteiger partial charge in [-0.3, -0.25) is 9.59 Å². The number of nitrogens with one attached hydrogen (secondary N) is 1. The zero-order valence-corrected chi connectivity index (χ0v) is 13.6. The average Bonchev–Trinajstić information content (AvgIpc) is 2.62. The number of rotatable bonds is 1. The Morgan fingerprint density at radius 2 is 2.00 bits per heavy atom. The van der Waals surface area contributed by atoms with E-state index in [0.29, 0.717) is 5.71 Å². The van der Waals surface area contributed by atoms with Gasteiger partial charge in [0.05, 0.1) is 11.3 Å². The van der Waals surface area contributed by atoms with Crippen molar-refractivity contribution in [3.05, 3.63) is 70.7 Å². The molecule has 1 aliphatic heterocycles. The second kappa shape index (κ2) is 6.24. The van der Waals surface area contributed by atoms with E-state index in [2.05, 4.69) is 10.3 Å². The van der Waals surface area contributed by atoms with Crippen LogP contribution in [0.1, 0.15) is 36.0 Å². The van der Waals surface area contributed by atoms with E-state index in [1.165, 1.54) is 23.8 Å². The van der Waals surface area contributed by atoms with E-state index < -0.39 is 11.7 Å². The first kappa shape index (κ1) is 15.7. The molecule has 25 heavy (non-hydrogen) atoms. The molecule has 1 atom stereocenters. The Balaban J connectivity index is 1.64. The van der Waals surface area contributed by atoms with Crippen LogP contribution in [-0.4, -0.2) is 17.5 Å². The maximum absolute atomic E-state index is 13.7. The molecule has 0 saturated heterocycles. The van der Waals surface area contributed by atoms with Crippen molar-refractivity contribution in [2.45, 2.75) is 25.7 Å². The number of amides is 2. The fraction of sp³-hybridized carbons (Fsp3) is 0.250. The Morgan fingerprint density at radius 3 is 2.84 bits per heavy atom. The molecule has 0 radical (unpaired) electrons. The Morgan fingerprint density at radius 1 is 1.20 bits per heavy atom. The van der Waals surface area contributed by atoms with Gasteiger partial charge in [-0.15, -0.1) is 0 Å². The van der Waals surface area contributed by atoms with Crippen LogP contribution in [0, 0.1) is 11.7 Å². The molecule has 4 nitrogen and oxygen atoms in total. The molecule has 0 bridgehead atoms. The number of fused-ring (bicyclic) bond motifs is 2. The summed E-state index contributed by atoms with van der Waals surface area (Å²) in [4.78, 5) is 28.5. The summed E-state index contributed by atoms with van der Waals surface area (Å²) < 4.78 is 13.7. The lowest BCUT2D eigenvalue weighted by atomic mass is 9.77. The number of aliphatic imine (C=N–C) groups is 1. The Bertz CT molecular complexity index is 893. The van der Waals surface area contributed by atoms with Gasteiger partial charge in [0.2, 0.25) is 0 Å². The minimum absolute atomic E-state index is 0.0488. The highest BCUT2D eigenvalue weighted by molar-refractivity contribution is 6.14. The first-order valence-corrected chi connectivity index (χ1v) is 8.44. The van der Waals surface area contributed by atoms with Crippen LogP contribution in [0.15, 0.2) is 64.3 Å². The molecule has 0 spiro atoms. The van der Waals surface area contributed by atoms with E-state index in [4.69, 9.17) is 0 Å². The van der Waals surface area contributed by atoms with Crippen molar-refractivity contribution in [2.75, 3.05) is 0 Å². The second-order valence-electron chi connectivity index (χ2n) is 6.42. The molecule has 1 aromatic carbocycles. The van der Waals surface area contributed by atoms with Crippen molar-refractivity contribution < 1.29 is 14.0 Å². The molecule has 4 rings (SSSR count). The number of nitrogens with zero attached hydrogens (tertiary/aromatic N) is 1. The molecule has 0 saturated carbocycles. The van der Waals surface area contributed by atoms with E-state index in [-0.39, 0.29) is 17.4 Å². The molecular formula is C20H17FN2O2. The Labute approximate surface area is 144 Å². The summed E-state index contributed by atoms with van der Waals surface area (Å²) in [5.41, 5.74) is 3.18. The summed E-state index contributed by atoms with van der Waals surface area (Å²) in [5, 5.41) is 2.92. The third kappa shape index (κ3) is 2.86. The van der Waals surface area contributed by atoms with Crippen LogP contribution in [0.2, 0.25) is 0 Å². The zero-order chi connectivity index (χ0) is 17.4. The average molecular weight is 336 g/mol. The van der Waals surface area contributed by atoms with E-state index in [0.717, 1.165) is 37.0 Å². The first-order valence-electron chi connectivity index (χ1n) is 8.44. The maximum atomic E-state index is 13.7. The third-order valence-corrected chi connectivity index (χ3v) is 4.85. The molecule has 126 valence electrons. The molecular weight excluding hydrogens is 319 g/mol. The fourth-order valence-electron chi connectivity index (χ4n) is 3.63. The zero-order valence-electron chi connectivity index (χ0n) is 13.6. The number of allylic oxidation sites excluding steroid dienone is 3. The molecule has 1 N–H and O–H groups in total. The normalized spacial score (nSPS) is 23.7. The number of halogens is 1. The lowest BCUT2D eigenvalue weighted by Gasteiger charge is -2.33. The summed E-state index contributed by atoms with van der Waals surface area (Å²) in [6, 6.07) is 5.77. The summed E-state index contributed by atoms with van der Waals surface area (Å²) in [6.45, 7) is 0. The highest BCUT2D eigenvalue weighted by Crippen LogP contribution is 2.38. The third-order valence-electron chi connectivity index (χ3n) is 4.85. The van der Waals surface area contributed by atoms with Gasteiger partial charge in [0.15, 0.2) is 0 Å². The van der Waals surface area contributed by atoms with Crippen LogP contribution in [0.4, 0.5) is 4.39 Å². The first-order chi connectivity index (χ1) is 12.1. The molecule has 1 aromatic rings. The lowest BCUT2D eigenvalue weighted by molar-refractivity contribution is -0.117. The molecule has 3 aliphatic rings. The van der Waals surface area contributed by atoms with Gasteiger partial charge in [0, 0.05) is 17.2 Å². The predicted molar refractivity (Wildman–Crippen MR) is 92.5 cm³/mol. The molecule has 2 aliphatic carbocycles. The van der Waals surface area contributed by atoms with Crippen molar-refractivity contribution in [3.63, 3.8) is 0 Å². The van der Waals surface area contributed by atoms with Gasteiger partial charge in [-0.05, 0) is 55.5 Å². The number of carbonyl (C=O) groups is 2. The number of hydrogen-bond donors (Lipinski definition) is 1. The Hall–Kier alpha value is -2.82. The summed E-state index contributed by atoms with van der Waals surface area (Å²) in [7, 11) is 0. The topological polar surface area (TPSA) is 58.5 Å². The highest BCUT2D eigenvalue weighted by Gasteiger charge is 2.33. The van der Waals surface area contributed by atoms with Crippen molar-refractivity contribution in [3.8, 4) is 0 Å². The van der Waals surface area contributed by atoms with Crippen LogP contribution in [0.5, 0.6) is 0 Å². The smallest absolute Gasteiger partial charge is 0.280 e. The summed E-state index contributed by atoms with van der Waals surface area (Å²) >= 11 is 0. The fourth-order valence-corrected chi connectivity index (χ4v) is 3.63. The quantitative estimate of drug-likeness (QED) is 0.853. The minimum atomic E-state index is -0.632. The summed E-state index contributed by atoms with van der Waals surface area (Å²) in [6.07, 6.45) is 9.33. The van der Waals surface area contributed by atoms with Crippen LogP contribution in [-0.2, 0) is 4.79 Å². The number of benzene rings is 1. The molecule has 2 amide bonds. The van der Waals surface area contributed by atoms with Gasteiger partial charge in [-0.2, -0.15) is 0 Å². The predicted octanol–water partition coefficient (Wildman–Crippen LogP) is 3.48. The van der Waals surface area contributed by atoms with Crippen molar-refractivity contribution in [1.29, 1.82) is 0 Å². The standard InChI is InChI=1S/C20H17FN2O2/c21-17-8-4-3-7-16(17)20(25)22-12-9-10-14-13-5-1-2-6-15(13)19(24)23-18(14)11-12/h3-4,7-11,14H,1-2,5-6H2,(H,23,24).